The van der Waals surface area contributed by atoms with Crippen molar-refractivity contribution in [3.8, 4) is 0 Å². The predicted octanol–water partition coefficient (Wildman–Crippen LogP) is 5.58. The molecule has 0 aliphatic heterocycles. The predicted molar refractivity (Wildman–Crippen MR) is 135 cm³/mol. The highest BCUT2D eigenvalue weighted by Gasteiger charge is 2.50. The molecule has 31 heavy (non-hydrogen) atoms. The molecule has 0 amide bonds. The Hall–Kier alpha value is -2.27. The summed E-state index contributed by atoms with van der Waals surface area (Å²) in [6.07, 6.45) is 1.76. The normalized spacial score (nSPS) is 14.5. The van der Waals surface area contributed by atoms with Gasteiger partial charge in [0.05, 0.1) is 16.9 Å². The van der Waals surface area contributed by atoms with E-state index in [1.807, 2.05) is 56.3 Å². The topological polar surface area (TPSA) is 26.3 Å². The summed E-state index contributed by atoms with van der Waals surface area (Å²) in [7, 11) is -3.82. The first-order valence-electron chi connectivity index (χ1n) is 10.7. The second-order valence-electron chi connectivity index (χ2n) is 8.93. The zero-order valence-electron chi connectivity index (χ0n) is 19.0. The summed E-state index contributed by atoms with van der Waals surface area (Å²) >= 11 is 0. The Balaban J connectivity index is 1.97. The molecule has 0 saturated heterocycles. The van der Waals surface area contributed by atoms with Crippen molar-refractivity contribution in [3.63, 3.8) is 0 Å². The Labute approximate surface area is 190 Å². The van der Waals surface area contributed by atoms with Crippen LogP contribution in [0.2, 0.25) is 5.04 Å². The van der Waals surface area contributed by atoms with Gasteiger partial charge in [0, 0.05) is 10.3 Å². The molecule has 3 aromatic carbocycles. The van der Waals surface area contributed by atoms with E-state index in [0.717, 1.165) is 10.5 Å². The fourth-order valence-electron chi connectivity index (χ4n) is 3.94. The zero-order valence-corrected chi connectivity index (χ0v) is 20.9. The van der Waals surface area contributed by atoms with Crippen molar-refractivity contribution in [3.05, 3.63) is 102 Å². The van der Waals surface area contributed by atoms with Crippen LogP contribution in [0.5, 0.6) is 0 Å². The van der Waals surface area contributed by atoms with Crippen LogP contribution in [0.3, 0.4) is 0 Å². The number of aryl methyl sites for hydroxylation is 1. The second-order valence-corrected chi connectivity index (χ2v) is 14.5. The van der Waals surface area contributed by atoms with Crippen LogP contribution < -0.4 is 10.4 Å². The van der Waals surface area contributed by atoms with Crippen molar-refractivity contribution >= 4 is 29.5 Å². The van der Waals surface area contributed by atoms with Crippen molar-refractivity contribution in [2.45, 2.75) is 50.7 Å². The van der Waals surface area contributed by atoms with Gasteiger partial charge in [-0.3, -0.25) is 0 Å². The third kappa shape index (κ3) is 5.32. The first-order chi connectivity index (χ1) is 14.7. The average Bonchev–Trinajstić information content (AvgIpc) is 2.76. The fraction of sp³-hybridized carbons (Fsp3) is 0.259. The van der Waals surface area contributed by atoms with Crippen molar-refractivity contribution in [1.82, 2.24) is 0 Å². The Bertz CT molecular complexity index is 983. The molecule has 0 N–H and O–H groups in total. The SMILES string of the molecule is Cc1ccc([S@](=O)/C=C/[C@H](C)O[Si](c2ccccc2)(c2ccccc2)C(C)(C)C)cc1. The molecule has 0 radical (unpaired) electrons. The Morgan fingerprint density at radius 1 is 0.839 bits per heavy atom. The minimum absolute atomic E-state index is 0.0894. The lowest BCUT2D eigenvalue weighted by atomic mass is 10.2. The molecule has 2 nitrogen and oxygen atoms in total. The van der Waals surface area contributed by atoms with Crippen LogP contribution in [-0.4, -0.2) is 18.6 Å². The molecule has 0 fully saturated rings. The van der Waals surface area contributed by atoms with Crippen LogP contribution in [0.15, 0.2) is 101 Å². The van der Waals surface area contributed by atoms with Gasteiger partial charge >= 0.3 is 0 Å². The average molecular weight is 449 g/mol. The van der Waals surface area contributed by atoms with Gasteiger partial charge in [0.2, 0.25) is 0 Å². The molecule has 0 bridgehead atoms. The standard InChI is InChI=1S/C27H32O2SSi/c1-22-16-18-24(19-17-22)30(28)21-20-23(2)29-31(27(3,4)5,25-12-8-6-9-13-25)26-14-10-7-11-15-26/h6-21,23H,1-5H3/b21-20+/t23-,30+/m0/s1. The van der Waals surface area contributed by atoms with Gasteiger partial charge in [-0.15, -0.1) is 0 Å². The second kappa shape index (κ2) is 9.90. The maximum atomic E-state index is 12.7. The van der Waals surface area contributed by atoms with Crippen molar-refractivity contribution in [1.29, 1.82) is 0 Å². The minimum atomic E-state index is -2.62. The van der Waals surface area contributed by atoms with Crippen molar-refractivity contribution in [2.75, 3.05) is 0 Å². The van der Waals surface area contributed by atoms with Crippen LogP contribution >= 0.6 is 0 Å². The van der Waals surface area contributed by atoms with Crippen molar-refractivity contribution in [2.24, 2.45) is 0 Å². The van der Waals surface area contributed by atoms with E-state index in [-0.39, 0.29) is 11.1 Å². The van der Waals surface area contributed by atoms with E-state index in [4.69, 9.17) is 4.43 Å². The van der Waals surface area contributed by atoms with E-state index in [0.29, 0.717) is 0 Å². The van der Waals surface area contributed by atoms with E-state index in [1.54, 1.807) is 5.41 Å². The molecule has 2 atom stereocenters. The van der Waals surface area contributed by atoms with Gasteiger partial charge in [0.1, 0.15) is 0 Å². The molecule has 0 heterocycles. The lowest BCUT2D eigenvalue weighted by molar-refractivity contribution is 0.252. The van der Waals surface area contributed by atoms with E-state index in [1.165, 1.54) is 10.4 Å². The lowest BCUT2D eigenvalue weighted by Gasteiger charge is -2.44. The number of hydrogen-bond donors (Lipinski definition) is 0. The van der Waals surface area contributed by atoms with Crippen LogP contribution in [0.4, 0.5) is 0 Å². The first-order valence-corrected chi connectivity index (χ1v) is 13.8. The van der Waals surface area contributed by atoms with E-state index in [2.05, 4.69) is 69.3 Å². The Morgan fingerprint density at radius 2 is 1.32 bits per heavy atom. The van der Waals surface area contributed by atoms with Gasteiger partial charge in [0.25, 0.3) is 8.32 Å². The van der Waals surface area contributed by atoms with Gasteiger partial charge in [0.15, 0.2) is 0 Å². The highest BCUT2D eigenvalue weighted by molar-refractivity contribution is 7.88. The Morgan fingerprint density at radius 3 is 1.77 bits per heavy atom. The summed E-state index contributed by atoms with van der Waals surface area (Å²) in [6, 6.07) is 29.0. The summed E-state index contributed by atoms with van der Waals surface area (Å²) in [6.45, 7) is 10.9. The summed E-state index contributed by atoms with van der Waals surface area (Å²) in [5.41, 5.74) is 1.16. The number of rotatable bonds is 7. The van der Waals surface area contributed by atoms with Gasteiger partial charge in [-0.1, -0.05) is 99.1 Å². The molecule has 3 aromatic rings. The fourth-order valence-corrected chi connectivity index (χ4v) is 9.52. The summed E-state index contributed by atoms with van der Waals surface area (Å²) < 4.78 is 19.7. The molecule has 0 aliphatic rings. The van der Waals surface area contributed by atoms with Gasteiger partial charge in [-0.25, -0.2) is 4.21 Å². The van der Waals surface area contributed by atoms with Gasteiger partial charge in [-0.2, -0.15) is 0 Å². The van der Waals surface area contributed by atoms with E-state index >= 15 is 0 Å². The van der Waals surface area contributed by atoms with Crippen LogP contribution in [-0.2, 0) is 15.2 Å². The highest BCUT2D eigenvalue weighted by Crippen LogP contribution is 2.37. The highest BCUT2D eigenvalue weighted by atomic mass is 32.2. The molecule has 3 rings (SSSR count). The van der Waals surface area contributed by atoms with Crippen LogP contribution in [0, 0.1) is 6.92 Å². The monoisotopic (exact) mass is 448 g/mol. The third-order valence-corrected chi connectivity index (χ3v) is 11.8. The maximum absolute atomic E-state index is 12.7. The number of benzene rings is 3. The first kappa shape index (κ1) is 23.4. The largest absolute Gasteiger partial charge is 0.401 e. The van der Waals surface area contributed by atoms with Crippen molar-refractivity contribution < 1.29 is 8.63 Å². The van der Waals surface area contributed by atoms with Crippen LogP contribution in [0.1, 0.15) is 33.3 Å². The summed E-state index contributed by atoms with van der Waals surface area (Å²) in [4.78, 5) is 0.805. The molecule has 4 heteroatoms. The Kier molecular flexibility index (Phi) is 7.47. The van der Waals surface area contributed by atoms with E-state index in [9.17, 15) is 4.21 Å². The molecular weight excluding hydrogens is 416 g/mol. The lowest BCUT2D eigenvalue weighted by Crippen LogP contribution is -2.67. The molecule has 0 spiro atoms. The van der Waals surface area contributed by atoms with E-state index < -0.39 is 19.1 Å². The van der Waals surface area contributed by atoms with Gasteiger partial charge in [-0.05, 0) is 47.5 Å². The number of hydrogen-bond acceptors (Lipinski definition) is 2. The quantitative estimate of drug-likeness (QED) is 0.441. The smallest absolute Gasteiger partial charge is 0.261 e. The molecular formula is C27H32O2SSi. The summed E-state index contributed by atoms with van der Waals surface area (Å²) in [5, 5.41) is 4.16. The zero-order chi connectivity index (χ0) is 22.5. The molecule has 162 valence electrons. The van der Waals surface area contributed by atoms with Gasteiger partial charge < -0.3 is 4.43 Å². The van der Waals surface area contributed by atoms with Crippen LogP contribution in [0.25, 0.3) is 0 Å². The molecule has 0 aliphatic carbocycles. The molecule has 0 saturated carbocycles. The maximum Gasteiger partial charge on any atom is 0.261 e. The third-order valence-electron chi connectivity index (χ3n) is 5.51. The molecule has 0 aromatic heterocycles. The summed E-state index contributed by atoms with van der Waals surface area (Å²) in [5.74, 6) is 0. The molecule has 0 unspecified atom stereocenters. The minimum Gasteiger partial charge on any atom is -0.401 e.